The predicted octanol–water partition coefficient (Wildman–Crippen LogP) is 6.32. The van der Waals surface area contributed by atoms with Crippen molar-refractivity contribution < 1.29 is 26.3 Å². The largest absolute Gasteiger partial charge is 0.416 e. The van der Waals surface area contributed by atoms with Gasteiger partial charge >= 0.3 is 12.4 Å². The summed E-state index contributed by atoms with van der Waals surface area (Å²) in [5.41, 5.74) is -0.209. The highest BCUT2D eigenvalue weighted by molar-refractivity contribution is 6.08. The molecule has 0 saturated heterocycles. The summed E-state index contributed by atoms with van der Waals surface area (Å²) in [5, 5.41) is 5.86. The highest BCUT2D eigenvalue weighted by Crippen LogP contribution is 2.30. The van der Waals surface area contributed by atoms with E-state index in [0.717, 1.165) is 18.2 Å². The Kier molecular flexibility index (Phi) is 8.01. The van der Waals surface area contributed by atoms with Crippen LogP contribution in [-0.4, -0.2) is 36.8 Å². The maximum absolute atomic E-state index is 12.9. The summed E-state index contributed by atoms with van der Waals surface area (Å²) in [6.07, 6.45) is 0.860. The molecule has 1 aromatic rings. The number of halogens is 6. The first-order valence-corrected chi connectivity index (χ1v) is 9.25. The van der Waals surface area contributed by atoms with Gasteiger partial charge in [0.15, 0.2) is 0 Å². The van der Waals surface area contributed by atoms with E-state index in [0.29, 0.717) is 16.8 Å². The van der Waals surface area contributed by atoms with Crippen LogP contribution in [0.15, 0.2) is 82.0 Å². The maximum atomic E-state index is 12.9. The van der Waals surface area contributed by atoms with Gasteiger partial charge in [-0.25, -0.2) is 0 Å². The topological polar surface area (TPSA) is 28.0 Å². The van der Waals surface area contributed by atoms with Crippen LogP contribution < -0.4 is 0 Å². The molecule has 0 fully saturated rings. The summed E-state index contributed by atoms with van der Waals surface area (Å²) < 4.78 is 77.2. The van der Waals surface area contributed by atoms with Crippen molar-refractivity contribution in [1.29, 1.82) is 0 Å². The molecule has 2 rings (SSSR count). The second-order valence-electron chi connectivity index (χ2n) is 6.60. The SMILES string of the molecule is C/C=N\CN(C)/N=C(\C=C\C1=CC=C(C(F)(F)F)CC=C1)c1ccc(C(F)(F)F)cc1. The number of alkyl halides is 6. The van der Waals surface area contributed by atoms with E-state index < -0.39 is 23.5 Å². The molecule has 0 atom stereocenters. The van der Waals surface area contributed by atoms with Crippen LogP contribution in [0.1, 0.15) is 24.5 Å². The van der Waals surface area contributed by atoms with E-state index >= 15 is 0 Å². The maximum Gasteiger partial charge on any atom is 0.416 e. The van der Waals surface area contributed by atoms with Crippen LogP contribution in [0.2, 0.25) is 0 Å². The van der Waals surface area contributed by atoms with Gasteiger partial charge in [-0.1, -0.05) is 42.5 Å². The summed E-state index contributed by atoms with van der Waals surface area (Å²) >= 11 is 0. The van der Waals surface area contributed by atoms with Crippen LogP contribution in [0.25, 0.3) is 0 Å². The van der Waals surface area contributed by atoms with E-state index in [1.165, 1.54) is 35.4 Å². The Balaban J connectivity index is 2.36. The molecule has 9 heteroatoms. The van der Waals surface area contributed by atoms with Crippen molar-refractivity contribution in [3.8, 4) is 0 Å². The lowest BCUT2D eigenvalue weighted by atomic mass is 10.1. The van der Waals surface area contributed by atoms with Gasteiger partial charge in [0.1, 0.15) is 6.67 Å². The van der Waals surface area contributed by atoms with Crippen LogP contribution >= 0.6 is 0 Å². The lowest BCUT2D eigenvalue weighted by Crippen LogP contribution is -2.15. The summed E-state index contributed by atoms with van der Waals surface area (Å²) in [4.78, 5) is 4.04. The Bertz CT molecular complexity index is 929. The van der Waals surface area contributed by atoms with Gasteiger partial charge in [0, 0.05) is 18.2 Å². The van der Waals surface area contributed by atoms with E-state index in [4.69, 9.17) is 0 Å². The zero-order valence-corrected chi connectivity index (χ0v) is 16.9. The molecular weight excluding hydrogens is 420 g/mol. The molecule has 0 N–H and O–H groups in total. The quantitative estimate of drug-likeness (QED) is 0.288. The van der Waals surface area contributed by atoms with Crippen molar-refractivity contribution >= 4 is 11.9 Å². The molecule has 166 valence electrons. The number of hydrogen-bond donors (Lipinski definition) is 0. The van der Waals surface area contributed by atoms with E-state index in [1.54, 1.807) is 32.3 Å². The number of nitrogens with zero attached hydrogens (tertiary/aromatic N) is 3. The highest BCUT2D eigenvalue weighted by Gasteiger charge is 2.32. The molecule has 0 amide bonds. The highest BCUT2D eigenvalue weighted by atomic mass is 19.4. The van der Waals surface area contributed by atoms with Gasteiger partial charge in [0.2, 0.25) is 0 Å². The van der Waals surface area contributed by atoms with Crippen molar-refractivity contribution in [3.05, 3.63) is 83.0 Å². The molecular formula is C22H21F6N3. The molecule has 0 heterocycles. The molecule has 0 saturated carbocycles. The van der Waals surface area contributed by atoms with E-state index in [9.17, 15) is 26.3 Å². The van der Waals surface area contributed by atoms with E-state index in [1.807, 2.05) is 0 Å². The Labute approximate surface area is 176 Å². The molecule has 1 aromatic carbocycles. The normalized spacial score (nSPS) is 15.9. The van der Waals surface area contributed by atoms with Gasteiger partial charge in [-0.3, -0.25) is 10.0 Å². The standard InChI is InChI=1S/C22H21F6N3/c1-3-29-15-31(2)30-20(17-9-12-19(13-10-17)22(26,27)28)14-8-16-5-4-6-18(11-7-16)21(23,24)25/h3-5,7-14H,6,15H2,1-2H3/b14-8+,29-3-,30-20+. The average molecular weight is 441 g/mol. The Morgan fingerprint density at radius 1 is 1.03 bits per heavy atom. The van der Waals surface area contributed by atoms with Gasteiger partial charge in [0.05, 0.1) is 11.3 Å². The molecule has 1 aliphatic rings. The minimum Gasteiger partial charge on any atom is -0.278 e. The Morgan fingerprint density at radius 2 is 1.71 bits per heavy atom. The fourth-order valence-corrected chi connectivity index (χ4v) is 2.57. The van der Waals surface area contributed by atoms with Gasteiger partial charge in [-0.05, 0) is 43.3 Å². The van der Waals surface area contributed by atoms with Gasteiger partial charge in [0.25, 0.3) is 0 Å². The lowest BCUT2D eigenvalue weighted by molar-refractivity contribution is -0.137. The smallest absolute Gasteiger partial charge is 0.278 e. The Morgan fingerprint density at radius 3 is 2.29 bits per heavy atom. The number of hydrogen-bond acceptors (Lipinski definition) is 3. The van der Waals surface area contributed by atoms with Crippen molar-refractivity contribution in [1.82, 2.24) is 5.01 Å². The van der Waals surface area contributed by atoms with Gasteiger partial charge in [-0.15, -0.1) is 0 Å². The average Bonchev–Trinajstić information content (AvgIpc) is 2.95. The van der Waals surface area contributed by atoms with Crippen LogP contribution in [0, 0.1) is 0 Å². The minimum atomic E-state index is -4.46. The molecule has 0 unspecified atom stereocenters. The number of hydrazone groups is 1. The monoisotopic (exact) mass is 441 g/mol. The number of aliphatic imine (C=N–C) groups is 1. The third kappa shape index (κ3) is 7.58. The molecule has 3 nitrogen and oxygen atoms in total. The fourth-order valence-electron chi connectivity index (χ4n) is 2.57. The third-order valence-corrected chi connectivity index (χ3v) is 4.18. The van der Waals surface area contributed by atoms with Crippen molar-refractivity contribution in [3.63, 3.8) is 0 Å². The number of benzene rings is 1. The van der Waals surface area contributed by atoms with Crippen molar-refractivity contribution in [2.24, 2.45) is 10.1 Å². The molecule has 0 aliphatic heterocycles. The first kappa shape index (κ1) is 24.2. The van der Waals surface area contributed by atoms with Crippen molar-refractivity contribution in [2.45, 2.75) is 25.7 Å². The van der Waals surface area contributed by atoms with Crippen LogP contribution in [0.5, 0.6) is 0 Å². The van der Waals surface area contributed by atoms with E-state index in [-0.39, 0.29) is 13.1 Å². The van der Waals surface area contributed by atoms with Crippen LogP contribution in [0.4, 0.5) is 26.3 Å². The predicted molar refractivity (Wildman–Crippen MR) is 110 cm³/mol. The molecule has 0 spiro atoms. The van der Waals surface area contributed by atoms with Crippen LogP contribution in [0.3, 0.4) is 0 Å². The molecule has 0 aromatic heterocycles. The molecule has 31 heavy (non-hydrogen) atoms. The Hall–Kier alpha value is -3.10. The summed E-state index contributed by atoms with van der Waals surface area (Å²) in [6, 6.07) is 4.49. The first-order valence-electron chi connectivity index (χ1n) is 9.25. The second-order valence-corrected chi connectivity index (χ2v) is 6.60. The summed E-state index contributed by atoms with van der Waals surface area (Å²) in [6.45, 7) is 1.97. The summed E-state index contributed by atoms with van der Waals surface area (Å²) in [5.74, 6) is 0. The molecule has 1 aliphatic carbocycles. The van der Waals surface area contributed by atoms with Gasteiger partial charge < -0.3 is 0 Å². The first-order chi connectivity index (χ1) is 14.5. The third-order valence-electron chi connectivity index (χ3n) is 4.18. The molecule has 0 radical (unpaired) electrons. The lowest BCUT2D eigenvalue weighted by Gasteiger charge is -2.13. The van der Waals surface area contributed by atoms with E-state index in [2.05, 4.69) is 10.1 Å². The minimum absolute atomic E-state index is 0.231. The zero-order chi connectivity index (χ0) is 23.1. The molecule has 0 bridgehead atoms. The van der Waals surface area contributed by atoms with Crippen molar-refractivity contribution in [2.75, 3.05) is 13.7 Å². The fraction of sp³-hybridized carbons (Fsp3) is 0.273. The van der Waals surface area contributed by atoms with Crippen LogP contribution in [-0.2, 0) is 6.18 Å². The zero-order valence-electron chi connectivity index (χ0n) is 16.9. The van der Waals surface area contributed by atoms with Gasteiger partial charge in [-0.2, -0.15) is 31.4 Å². The number of allylic oxidation sites excluding steroid dienone is 8. The number of rotatable bonds is 6. The second kappa shape index (κ2) is 10.3. The summed E-state index contributed by atoms with van der Waals surface area (Å²) in [7, 11) is 1.65.